The Labute approximate surface area is 122 Å². The van der Waals surface area contributed by atoms with Crippen LogP contribution in [-0.2, 0) is 0 Å². The normalized spacial score (nSPS) is 10.5. The van der Waals surface area contributed by atoms with Gasteiger partial charge in [-0.25, -0.2) is 0 Å². The highest BCUT2D eigenvalue weighted by Gasteiger charge is 2.18. The Hall–Kier alpha value is -2.63. The molecule has 1 N–H and O–H groups in total. The molecule has 0 aliphatic heterocycles. The first kappa shape index (κ1) is 14.8. The molecule has 2 aromatic rings. The van der Waals surface area contributed by atoms with Crippen LogP contribution >= 0.6 is 0 Å². The highest BCUT2D eigenvalue weighted by Crippen LogP contribution is 2.31. The summed E-state index contributed by atoms with van der Waals surface area (Å²) in [5.41, 5.74) is 0.934. The van der Waals surface area contributed by atoms with Gasteiger partial charge in [-0.2, -0.15) is 4.98 Å². The molecule has 6 heteroatoms. The maximum absolute atomic E-state index is 11.1. The van der Waals surface area contributed by atoms with Crippen LogP contribution in [0.15, 0.2) is 36.4 Å². The molecule has 0 aliphatic rings. The lowest BCUT2D eigenvalue weighted by atomic mass is 10.0. The van der Waals surface area contributed by atoms with Crippen molar-refractivity contribution in [1.29, 1.82) is 0 Å². The summed E-state index contributed by atoms with van der Waals surface area (Å²) in [7, 11) is 1.69. The summed E-state index contributed by atoms with van der Waals surface area (Å²) in [6.07, 6.45) is 0. The van der Waals surface area contributed by atoms with E-state index < -0.39 is 4.92 Å². The highest BCUT2D eigenvalue weighted by molar-refractivity contribution is 5.50. The number of hydrogen-bond donors (Lipinski definition) is 1. The second-order valence-corrected chi connectivity index (χ2v) is 4.86. The summed E-state index contributed by atoms with van der Waals surface area (Å²) in [6, 6.07) is 10.4. The van der Waals surface area contributed by atoms with Crippen molar-refractivity contribution >= 4 is 11.5 Å². The van der Waals surface area contributed by atoms with Gasteiger partial charge in [0.15, 0.2) is 0 Å². The second-order valence-electron chi connectivity index (χ2n) is 4.86. The minimum atomic E-state index is -0.506. The molecule has 0 fully saturated rings. The van der Waals surface area contributed by atoms with Crippen molar-refractivity contribution in [2.45, 2.75) is 19.8 Å². The van der Waals surface area contributed by atoms with E-state index in [1.807, 2.05) is 18.2 Å². The molecule has 0 bridgehead atoms. The molecule has 0 saturated carbocycles. The van der Waals surface area contributed by atoms with Crippen LogP contribution in [0, 0.1) is 10.1 Å². The van der Waals surface area contributed by atoms with Crippen LogP contribution in [-0.4, -0.2) is 17.0 Å². The zero-order chi connectivity index (χ0) is 15.4. The van der Waals surface area contributed by atoms with Gasteiger partial charge >= 0.3 is 11.6 Å². The number of nitro groups is 1. The van der Waals surface area contributed by atoms with Crippen molar-refractivity contribution in [1.82, 2.24) is 4.98 Å². The molecule has 1 aromatic heterocycles. The zero-order valence-electron chi connectivity index (χ0n) is 12.2. The van der Waals surface area contributed by atoms with Crippen molar-refractivity contribution in [2.75, 3.05) is 12.4 Å². The molecular formula is C15H17N3O3. The third kappa shape index (κ3) is 3.47. The lowest BCUT2D eigenvalue weighted by molar-refractivity contribution is -0.386. The number of benzene rings is 1. The van der Waals surface area contributed by atoms with E-state index in [4.69, 9.17) is 4.74 Å². The maximum atomic E-state index is 11.1. The van der Waals surface area contributed by atoms with Crippen LogP contribution < -0.4 is 10.1 Å². The summed E-state index contributed by atoms with van der Waals surface area (Å²) < 4.78 is 5.61. The Balaban J connectivity index is 2.38. The number of nitrogens with one attached hydrogen (secondary N) is 1. The Morgan fingerprint density at radius 3 is 2.67 bits per heavy atom. The van der Waals surface area contributed by atoms with E-state index in [1.54, 1.807) is 13.1 Å². The molecule has 0 spiro atoms. The van der Waals surface area contributed by atoms with Gasteiger partial charge in [0, 0.05) is 13.1 Å². The molecule has 0 atom stereocenters. The van der Waals surface area contributed by atoms with Crippen molar-refractivity contribution in [3.05, 3.63) is 52.1 Å². The second kappa shape index (κ2) is 6.21. The van der Waals surface area contributed by atoms with Gasteiger partial charge in [-0.3, -0.25) is 10.1 Å². The van der Waals surface area contributed by atoms with Gasteiger partial charge in [-0.1, -0.05) is 26.0 Å². The first-order valence-electron chi connectivity index (χ1n) is 6.62. The molecule has 0 saturated heterocycles. The Kier molecular flexibility index (Phi) is 4.37. The summed E-state index contributed by atoms with van der Waals surface area (Å²) in [5, 5.41) is 13.9. The Morgan fingerprint density at radius 2 is 2.05 bits per heavy atom. The number of nitrogens with zero attached hydrogens (tertiary/aromatic N) is 2. The van der Waals surface area contributed by atoms with E-state index in [9.17, 15) is 10.1 Å². The van der Waals surface area contributed by atoms with E-state index in [0.717, 1.165) is 5.56 Å². The van der Waals surface area contributed by atoms with Gasteiger partial charge in [-0.15, -0.1) is 0 Å². The van der Waals surface area contributed by atoms with Gasteiger partial charge in [-0.05, 0) is 29.7 Å². The van der Waals surface area contributed by atoms with Crippen molar-refractivity contribution in [3.8, 4) is 11.6 Å². The lowest BCUT2D eigenvalue weighted by Crippen LogP contribution is -1.99. The van der Waals surface area contributed by atoms with Crippen LogP contribution in [0.2, 0.25) is 0 Å². The predicted molar refractivity (Wildman–Crippen MR) is 81.0 cm³/mol. The molecule has 2 rings (SSSR count). The molecule has 110 valence electrons. The first-order valence-corrected chi connectivity index (χ1v) is 6.62. The summed E-state index contributed by atoms with van der Waals surface area (Å²) in [6.45, 7) is 4.14. The fraction of sp³-hybridized carbons (Fsp3) is 0.267. The van der Waals surface area contributed by atoms with Gasteiger partial charge in [0.2, 0.25) is 0 Å². The molecule has 1 heterocycles. The minimum absolute atomic E-state index is 0.0206. The van der Waals surface area contributed by atoms with Crippen LogP contribution in [0.1, 0.15) is 25.3 Å². The number of ether oxygens (including phenoxy) is 1. The molecular weight excluding hydrogens is 270 g/mol. The van der Waals surface area contributed by atoms with E-state index in [1.165, 1.54) is 12.1 Å². The third-order valence-electron chi connectivity index (χ3n) is 3.03. The quantitative estimate of drug-likeness (QED) is 0.665. The van der Waals surface area contributed by atoms with Crippen LogP contribution in [0.5, 0.6) is 11.6 Å². The third-order valence-corrected chi connectivity index (χ3v) is 3.03. The predicted octanol–water partition coefficient (Wildman–Crippen LogP) is 3.95. The molecule has 0 radical (unpaired) electrons. The smallest absolute Gasteiger partial charge is 0.331 e. The van der Waals surface area contributed by atoms with Gasteiger partial charge in [0.25, 0.3) is 0 Å². The number of aromatic nitrogens is 1. The molecule has 0 unspecified atom stereocenters. The van der Waals surface area contributed by atoms with E-state index >= 15 is 0 Å². The molecule has 1 aromatic carbocycles. The highest BCUT2D eigenvalue weighted by atomic mass is 16.6. The van der Waals surface area contributed by atoms with Gasteiger partial charge < -0.3 is 10.1 Å². The first-order chi connectivity index (χ1) is 10.0. The van der Waals surface area contributed by atoms with E-state index in [-0.39, 0.29) is 11.6 Å². The maximum Gasteiger partial charge on any atom is 0.331 e. The van der Waals surface area contributed by atoms with Gasteiger partial charge in [0.1, 0.15) is 11.6 Å². The summed E-state index contributed by atoms with van der Waals surface area (Å²) >= 11 is 0. The SMILES string of the molecule is CNc1ccc([N+](=O)[O-])c(Oc2cccc(C(C)C)c2)n1. The number of pyridine rings is 1. The van der Waals surface area contributed by atoms with Crippen molar-refractivity contribution in [2.24, 2.45) is 0 Å². The monoisotopic (exact) mass is 287 g/mol. The van der Waals surface area contributed by atoms with Crippen LogP contribution in [0.4, 0.5) is 11.5 Å². The van der Waals surface area contributed by atoms with Crippen LogP contribution in [0.25, 0.3) is 0 Å². The largest absolute Gasteiger partial charge is 0.434 e. The van der Waals surface area contributed by atoms with Crippen LogP contribution in [0.3, 0.4) is 0 Å². The van der Waals surface area contributed by atoms with E-state index in [2.05, 4.69) is 24.1 Å². The summed E-state index contributed by atoms with van der Waals surface area (Å²) in [4.78, 5) is 14.7. The van der Waals surface area contributed by atoms with Crippen molar-refractivity contribution < 1.29 is 9.66 Å². The van der Waals surface area contributed by atoms with Gasteiger partial charge in [0.05, 0.1) is 4.92 Å². The zero-order valence-corrected chi connectivity index (χ0v) is 12.2. The van der Waals surface area contributed by atoms with E-state index in [0.29, 0.717) is 17.5 Å². The standard InChI is InChI=1S/C15H17N3O3/c1-10(2)11-5-4-6-12(9-11)21-15-13(18(19)20)7-8-14(16-3)17-15/h4-10H,1-3H3,(H,16,17). The average Bonchev–Trinajstić information content (AvgIpc) is 2.47. The Bertz CT molecular complexity index is 656. The number of hydrogen-bond acceptors (Lipinski definition) is 5. The average molecular weight is 287 g/mol. The van der Waals surface area contributed by atoms with Crippen molar-refractivity contribution in [3.63, 3.8) is 0 Å². The molecule has 0 aliphatic carbocycles. The number of anilines is 1. The summed E-state index contributed by atoms with van der Waals surface area (Å²) in [5.74, 6) is 1.37. The minimum Gasteiger partial charge on any atom is -0.434 e. The molecule has 0 amide bonds. The topological polar surface area (TPSA) is 77.3 Å². The fourth-order valence-electron chi connectivity index (χ4n) is 1.84. The number of rotatable bonds is 5. The molecule has 21 heavy (non-hydrogen) atoms. The Morgan fingerprint density at radius 1 is 1.29 bits per heavy atom. The fourth-order valence-corrected chi connectivity index (χ4v) is 1.84. The molecule has 6 nitrogen and oxygen atoms in total. The lowest BCUT2D eigenvalue weighted by Gasteiger charge is -2.10.